The van der Waals surface area contributed by atoms with Gasteiger partial charge in [0.15, 0.2) is 6.61 Å². The molecular weight excluding hydrogens is 370 g/mol. The van der Waals surface area contributed by atoms with E-state index in [9.17, 15) is 14.4 Å². The first-order valence-corrected chi connectivity index (χ1v) is 10.2. The number of fused-ring (bicyclic) bond motifs is 2. The van der Waals surface area contributed by atoms with Gasteiger partial charge in [-0.25, -0.2) is 4.79 Å². The summed E-state index contributed by atoms with van der Waals surface area (Å²) in [5.74, 6) is -1.41. The lowest BCUT2D eigenvalue weighted by molar-refractivity contribution is -0.143. The third-order valence-corrected chi connectivity index (χ3v) is 5.85. The van der Waals surface area contributed by atoms with Crippen molar-refractivity contribution in [3.63, 3.8) is 0 Å². The van der Waals surface area contributed by atoms with Crippen LogP contribution >= 0.6 is 0 Å². The normalized spacial score (nSPS) is 18.9. The van der Waals surface area contributed by atoms with Gasteiger partial charge in [-0.15, -0.1) is 0 Å². The van der Waals surface area contributed by atoms with E-state index in [1.807, 2.05) is 24.3 Å². The fraction of sp³-hybridized carbons (Fsp3) is 0.455. The molecule has 0 saturated carbocycles. The number of aryl methyl sites for hydroxylation is 1. The Kier molecular flexibility index (Phi) is 5.47. The highest BCUT2D eigenvalue weighted by Crippen LogP contribution is 2.30. The van der Waals surface area contributed by atoms with E-state index in [2.05, 4.69) is 0 Å². The van der Waals surface area contributed by atoms with Crippen molar-refractivity contribution >= 4 is 28.7 Å². The second-order valence-electron chi connectivity index (χ2n) is 7.71. The molecule has 0 bridgehead atoms. The number of nitrogens with zero attached hydrogens (tertiary/aromatic N) is 2. The number of carbonyl (C=O) groups is 3. The monoisotopic (exact) mass is 395 g/mol. The van der Waals surface area contributed by atoms with Crippen LogP contribution in [-0.2, 0) is 27.2 Å². The van der Waals surface area contributed by atoms with Gasteiger partial charge >= 0.3 is 5.97 Å². The van der Waals surface area contributed by atoms with E-state index in [1.54, 1.807) is 0 Å². The summed E-state index contributed by atoms with van der Waals surface area (Å²) in [4.78, 5) is 43.5. The molecule has 1 atom stereocenters. The van der Waals surface area contributed by atoms with Crippen LogP contribution in [0.15, 0.2) is 24.3 Å². The third kappa shape index (κ3) is 3.81. The smallest absolute Gasteiger partial charge is 0.339 e. The standard InChI is InChI=1S/C22H25N3O4/c23-21(27)18-11-5-6-12-25(18)19(26)13-29-22(28)20-14-7-1-3-9-16(14)24-17-10-4-2-8-15(17)20/h1,3,7,9,18H,2,4-6,8,10-13H2,(H2,23,27)/t18-/m0/s1. The minimum atomic E-state index is -0.621. The Morgan fingerprint density at radius 2 is 1.90 bits per heavy atom. The molecule has 0 spiro atoms. The van der Waals surface area contributed by atoms with Gasteiger partial charge in [-0.3, -0.25) is 14.6 Å². The van der Waals surface area contributed by atoms with Crippen LogP contribution in [0.25, 0.3) is 10.9 Å². The molecule has 1 aliphatic heterocycles. The number of esters is 1. The second kappa shape index (κ2) is 8.19. The first-order valence-electron chi connectivity index (χ1n) is 10.2. The van der Waals surface area contributed by atoms with E-state index >= 15 is 0 Å². The molecule has 4 rings (SSSR count). The maximum atomic E-state index is 13.0. The molecule has 1 aromatic carbocycles. The Balaban J connectivity index is 1.56. The summed E-state index contributed by atoms with van der Waals surface area (Å²) in [5.41, 5.74) is 8.58. The van der Waals surface area contributed by atoms with Gasteiger partial charge in [0.2, 0.25) is 5.91 Å². The Bertz CT molecular complexity index is 972. The van der Waals surface area contributed by atoms with Gasteiger partial charge in [0.25, 0.3) is 5.91 Å². The van der Waals surface area contributed by atoms with Gasteiger partial charge in [0, 0.05) is 17.6 Å². The summed E-state index contributed by atoms with van der Waals surface area (Å²) in [6, 6.07) is 6.89. The first kappa shape index (κ1) is 19.4. The molecule has 2 aromatic rings. The van der Waals surface area contributed by atoms with E-state index in [4.69, 9.17) is 15.5 Å². The fourth-order valence-electron chi connectivity index (χ4n) is 4.41. The summed E-state index contributed by atoms with van der Waals surface area (Å²) >= 11 is 0. The molecule has 2 N–H and O–H groups in total. The number of piperidine rings is 1. The van der Waals surface area contributed by atoms with Crippen LogP contribution in [0.4, 0.5) is 0 Å². The summed E-state index contributed by atoms with van der Waals surface area (Å²) in [6.45, 7) is 0.0611. The van der Waals surface area contributed by atoms with Crippen molar-refractivity contribution in [3.05, 3.63) is 41.1 Å². The lowest BCUT2D eigenvalue weighted by Gasteiger charge is -2.33. The van der Waals surface area contributed by atoms with E-state index < -0.39 is 24.5 Å². The van der Waals surface area contributed by atoms with Crippen LogP contribution in [0.5, 0.6) is 0 Å². The number of nitrogens with two attached hydrogens (primary N) is 1. The molecule has 152 valence electrons. The van der Waals surface area contributed by atoms with Crippen molar-refractivity contribution in [3.8, 4) is 0 Å². The number of benzene rings is 1. The molecule has 2 heterocycles. The number of hydrogen-bond donors (Lipinski definition) is 1. The Labute approximate surface area is 169 Å². The van der Waals surface area contributed by atoms with Gasteiger partial charge in [-0.05, 0) is 56.6 Å². The molecular formula is C22H25N3O4. The Morgan fingerprint density at radius 3 is 2.72 bits per heavy atom. The van der Waals surface area contributed by atoms with Crippen LogP contribution in [-0.4, -0.2) is 46.9 Å². The molecule has 0 unspecified atom stereocenters. The average Bonchev–Trinajstić information content (AvgIpc) is 2.75. The molecule has 1 aliphatic carbocycles. The molecule has 1 fully saturated rings. The SMILES string of the molecule is NC(=O)[C@@H]1CCCCN1C(=O)COC(=O)c1c2c(nc3ccccc13)CCCC2. The number of aromatic nitrogens is 1. The zero-order valence-electron chi connectivity index (χ0n) is 16.4. The summed E-state index contributed by atoms with van der Waals surface area (Å²) < 4.78 is 5.44. The number of pyridine rings is 1. The molecule has 7 heteroatoms. The predicted molar refractivity (Wildman–Crippen MR) is 107 cm³/mol. The lowest BCUT2D eigenvalue weighted by Crippen LogP contribution is -2.51. The number of carbonyl (C=O) groups excluding carboxylic acids is 3. The van der Waals surface area contributed by atoms with Gasteiger partial charge in [0.1, 0.15) is 6.04 Å². The average molecular weight is 395 g/mol. The zero-order chi connectivity index (χ0) is 20.4. The highest BCUT2D eigenvalue weighted by Gasteiger charge is 2.31. The van der Waals surface area contributed by atoms with Gasteiger partial charge in [0.05, 0.1) is 11.1 Å². The van der Waals surface area contributed by atoms with Crippen molar-refractivity contribution in [2.45, 2.75) is 51.0 Å². The van der Waals surface area contributed by atoms with E-state index in [1.165, 1.54) is 4.90 Å². The molecule has 2 aliphatic rings. The maximum Gasteiger partial charge on any atom is 0.339 e. The first-order chi connectivity index (χ1) is 14.1. The lowest BCUT2D eigenvalue weighted by atomic mass is 9.90. The van der Waals surface area contributed by atoms with E-state index in [0.717, 1.165) is 60.7 Å². The molecule has 29 heavy (non-hydrogen) atoms. The molecule has 1 aromatic heterocycles. The van der Waals surface area contributed by atoms with Crippen molar-refractivity contribution in [2.24, 2.45) is 5.73 Å². The number of likely N-dealkylation sites (tertiary alicyclic amines) is 1. The van der Waals surface area contributed by atoms with Crippen LogP contribution in [0, 0.1) is 0 Å². The van der Waals surface area contributed by atoms with Gasteiger partial charge in [-0.2, -0.15) is 0 Å². The molecule has 1 saturated heterocycles. The fourth-order valence-corrected chi connectivity index (χ4v) is 4.41. The Morgan fingerprint density at radius 1 is 1.10 bits per heavy atom. The third-order valence-electron chi connectivity index (χ3n) is 5.85. The molecule has 0 radical (unpaired) electrons. The minimum Gasteiger partial charge on any atom is -0.452 e. The van der Waals surface area contributed by atoms with Crippen molar-refractivity contribution in [2.75, 3.05) is 13.2 Å². The summed E-state index contributed by atoms with van der Waals surface area (Å²) in [5, 5.41) is 0.749. The second-order valence-corrected chi connectivity index (χ2v) is 7.71. The number of ether oxygens (including phenoxy) is 1. The summed E-state index contributed by atoms with van der Waals surface area (Å²) in [6.07, 6.45) is 5.89. The highest BCUT2D eigenvalue weighted by molar-refractivity contribution is 6.05. The van der Waals surface area contributed by atoms with Gasteiger partial charge in [-0.1, -0.05) is 18.2 Å². The molecule has 2 amide bonds. The zero-order valence-corrected chi connectivity index (χ0v) is 16.4. The van der Waals surface area contributed by atoms with Crippen LogP contribution in [0.3, 0.4) is 0 Å². The van der Waals surface area contributed by atoms with Crippen molar-refractivity contribution in [1.29, 1.82) is 0 Å². The minimum absolute atomic E-state index is 0.380. The van der Waals surface area contributed by atoms with Crippen molar-refractivity contribution < 1.29 is 19.1 Å². The Hall–Kier alpha value is -2.96. The van der Waals surface area contributed by atoms with E-state index in [0.29, 0.717) is 18.5 Å². The summed E-state index contributed by atoms with van der Waals surface area (Å²) in [7, 11) is 0. The van der Waals surface area contributed by atoms with Crippen LogP contribution < -0.4 is 5.73 Å². The number of rotatable bonds is 4. The largest absolute Gasteiger partial charge is 0.452 e. The van der Waals surface area contributed by atoms with E-state index in [-0.39, 0.29) is 5.91 Å². The number of hydrogen-bond acceptors (Lipinski definition) is 5. The highest BCUT2D eigenvalue weighted by atomic mass is 16.5. The maximum absolute atomic E-state index is 13.0. The van der Waals surface area contributed by atoms with Crippen LogP contribution in [0.1, 0.15) is 53.7 Å². The molecule has 7 nitrogen and oxygen atoms in total. The predicted octanol–water partition coefficient (Wildman–Crippen LogP) is 2.14. The number of para-hydroxylation sites is 1. The number of amides is 2. The van der Waals surface area contributed by atoms with Crippen LogP contribution in [0.2, 0.25) is 0 Å². The topological polar surface area (TPSA) is 103 Å². The number of primary amides is 1. The van der Waals surface area contributed by atoms with Gasteiger partial charge < -0.3 is 15.4 Å². The van der Waals surface area contributed by atoms with Crippen molar-refractivity contribution in [1.82, 2.24) is 9.88 Å². The quantitative estimate of drug-likeness (QED) is 0.799.